The van der Waals surface area contributed by atoms with E-state index in [0.29, 0.717) is 53.4 Å². The number of imide groups is 1. The van der Waals surface area contributed by atoms with E-state index in [2.05, 4.69) is 41.0 Å². The van der Waals surface area contributed by atoms with Gasteiger partial charge in [-0.25, -0.2) is 18.7 Å². The highest BCUT2D eigenvalue weighted by Crippen LogP contribution is 2.32. The summed E-state index contributed by atoms with van der Waals surface area (Å²) < 4.78 is 31.6. The van der Waals surface area contributed by atoms with E-state index in [1.54, 1.807) is 54.7 Å². The van der Waals surface area contributed by atoms with E-state index in [1.807, 2.05) is 0 Å². The number of amides is 3. The van der Waals surface area contributed by atoms with Gasteiger partial charge < -0.3 is 20.9 Å². The molecule has 8 rings (SSSR count). The van der Waals surface area contributed by atoms with E-state index >= 15 is 4.39 Å². The summed E-state index contributed by atoms with van der Waals surface area (Å²) in [6, 6.07) is 16.5. The number of nitrogens with one attached hydrogen (secondary N) is 4. The second-order valence-corrected chi connectivity index (χ2v) is 16.8. The van der Waals surface area contributed by atoms with Crippen molar-refractivity contribution >= 4 is 35.0 Å². The fraction of sp³-hybridized carbons (Fsp3) is 0.467. The van der Waals surface area contributed by atoms with Gasteiger partial charge in [-0.05, 0) is 106 Å². The minimum absolute atomic E-state index is 0.0344. The van der Waals surface area contributed by atoms with Crippen LogP contribution in [0.1, 0.15) is 64.2 Å². The molecule has 2 saturated heterocycles. The topological polar surface area (TPSA) is 154 Å². The van der Waals surface area contributed by atoms with Gasteiger partial charge in [0.15, 0.2) is 5.82 Å². The summed E-state index contributed by atoms with van der Waals surface area (Å²) in [7, 11) is 0. The SMILES string of the molecule is O=C1CC[C@H](Nc2ccc(N3CCN(CC4CCC(CNC(=O)C5CCC(Nc6ncc(F)c(-c7cccc(-n8ccccc8=O)c7)n6)CC5)CC4)CC3)c(F)c2)C(=O)N1. The number of rotatable bonds is 12. The minimum atomic E-state index is -0.553. The Hall–Kier alpha value is -5.70. The first-order valence-electron chi connectivity index (χ1n) is 21.4. The summed E-state index contributed by atoms with van der Waals surface area (Å²) in [5.74, 6) is -0.0145. The molecular formula is C45H53F2N9O4. The van der Waals surface area contributed by atoms with Crippen LogP contribution in [0.3, 0.4) is 0 Å². The Bertz CT molecular complexity index is 2230. The van der Waals surface area contributed by atoms with Crippen LogP contribution < -0.4 is 31.7 Å². The molecule has 2 aliphatic heterocycles. The molecule has 4 heterocycles. The number of piperazine rings is 1. The molecule has 4 aliphatic rings. The van der Waals surface area contributed by atoms with Crippen molar-refractivity contribution in [1.82, 2.24) is 30.1 Å². The molecule has 0 bridgehead atoms. The number of hydrogen-bond acceptors (Lipinski definition) is 10. The molecule has 0 spiro atoms. The highest BCUT2D eigenvalue weighted by Gasteiger charge is 2.30. The monoisotopic (exact) mass is 821 g/mol. The third kappa shape index (κ3) is 10.0. The van der Waals surface area contributed by atoms with E-state index < -0.39 is 11.9 Å². The van der Waals surface area contributed by atoms with Gasteiger partial charge in [0.25, 0.3) is 5.56 Å². The summed E-state index contributed by atoms with van der Waals surface area (Å²) in [4.78, 5) is 62.4. The summed E-state index contributed by atoms with van der Waals surface area (Å²) in [5.41, 5.74) is 2.21. The normalized spacial score (nSPS) is 23.8. The van der Waals surface area contributed by atoms with Crippen molar-refractivity contribution in [3.05, 3.63) is 95.0 Å². The number of halogens is 2. The quantitative estimate of drug-likeness (QED) is 0.135. The molecule has 4 fully saturated rings. The summed E-state index contributed by atoms with van der Waals surface area (Å²) in [5, 5.41) is 12.0. The van der Waals surface area contributed by atoms with Gasteiger partial charge in [-0.15, -0.1) is 0 Å². The van der Waals surface area contributed by atoms with Crippen LogP contribution in [0.25, 0.3) is 16.9 Å². The zero-order valence-corrected chi connectivity index (χ0v) is 33.8. The zero-order valence-electron chi connectivity index (χ0n) is 33.8. The third-order valence-corrected chi connectivity index (χ3v) is 12.7. The van der Waals surface area contributed by atoms with Gasteiger partial charge in [-0.1, -0.05) is 18.2 Å². The molecule has 60 heavy (non-hydrogen) atoms. The average Bonchev–Trinajstić information content (AvgIpc) is 3.26. The summed E-state index contributed by atoms with van der Waals surface area (Å²) in [6.45, 7) is 4.97. The van der Waals surface area contributed by atoms with Crippen LogP contribution in [0.4, 0.5) is 26.1 Å². The third-order valence-electron chi connectivity index (χ3n) is 12.7. The molecule has 3 amide bonds. The van der Waals surface area contributed by atoms with Crippen LogP contribution in [0.5, 0.6) is 0 Å². The Morgan fingerprint density at radius 2 is 1.58 bits per heavy atom. The largest absolute Gasteiger partial charge is 0.374 e. The molecule has 2 aromatic carbocycles. The molecule has 316 valence electrons. The van der Waals surface area contributed by atoms with E-state index in [-0.39, 0.29) is 53.2 Å². The summed E-state index contributed by atoms with van der Waals surface area (Å²) in [6.07, 6.45) is 11.0. The lowest BCUT2D eigenvalue weighted by atomic mass is 9.81. The Kier molecular flexibility index (Phi) is 12.8. The molecular weight excluding hydrogens is 769 g/mol. The molecule has 13 nitrogen and oxygen atoms in total. The van der Waals surface area contributed by atoms with E-state index in [9.17, 15) is 23.6 Å². The van der Waals surface area contributed by atoms with Crippen LogP contribution in [0, 0.1) is 29.4 Å². The second kappa shape index (κ2) is 18.7. The number of anilines is 3. The first-order valence-corrected chi connectivity index (χ1v) is 21.4. The van der Waals surface area contributed by atoms with Crippen molar-refractivity contribution < 1.29 is 23.2 Å². The lowest BCUT2D eigenvalue weighted by Crippen LogP contribution is -2.48. The zero-order chi connectivity index (χ0) is 41.6. The van der Waals surface area contributed by atoms with Crippen molar-refractivity contribution in [3.63, 3.8) is 0 Å². The molecule has 2 saturated carbocycles. The van der Waals surface area contributed by atoms with Gasteiger partial charge in [-0.2, -0.15) is 0 Å². The molecule has 0 unspecified atom stereocenters. The molecule has 2 aromatic heterocycles. The second-order valence-electron chi connectivity index (χ2n) is 16.8. The van der Waals surface area contributed by atoms with Crippen LogP contribution in [0.2, 0.25) is 0 Å². The lowest BCUT2D eigenvalue weighted by Gasteiger charge is -2.39. The van der Waals surface area contributed by atoms with Gasteiger partial charge in [0.1, 0.15) is 17.6 Å². The number of piperidine rings is 1. The van der Waals surface area contributed by atoms with Crippen LogP contribution in [0.15, 0.2) is 77.9 Å². The fourth-order valence-corrected chi connectivity index (χ4v) is 9.19. The predicted octanol–water partition coefficient (Wildman–Crippen LogP) is 5.51. The number of hydrogen-bond donors (Lipinski definition) is 4. The van der Waals surface area contributed by atoms with Gasteiger partial charge in [0.05, 0.1) is 11.9 Å². The Morgan fingerprint density at radius 3 is 2.33 bits per heavy atom. The first-order chi connectivity index (χ1) is 29.1. The fourth-order valence-electron chi connectivity index (χ4n) is 9.19. The number of carbonyl (C=O) groups is 3. The molecule has 2 aliphatic carbocycles. The molecule has 4 N–H and O–H groups in total. The number of benzene rings is 2. The standard InChI is InChI=1S/C45H53F2N9O4/c46-36-25-34(50-38-16-18-40(57)52-44(38)60)15-17-39(36)55-22-20-54(21-23-55)28-30-9-7-29(8-10-30)26-48-43(59)31-11-13-33(14-12-31)51-45-49-27-37(47)42(53-45)32-4-3-5-35(24-32)56-19-2-1-6-41(56)58/h1-6,15,17,19,24-25,27,29-31,33,38,50H,7-14,16,18,20-23,26,28H2,(H,48,59)(H,49,51,53)(H,52,57,60)/t29?,30?,31?,33?,38-/m0/s1. The minimum Gasteiger partial charge on any atom is -0.374 e. The number of pyridine rings is 1. The van der Waals surface area contributed by atoms with Crippen molar-refractivity contribution in [3.8, 4) is 16.9 Å². The molecule has 0 radical (unpaired) electrons. The van der Waals surface area contributed by atoms with Gasteiger partial charge in [-0.3, -0.25) is 34.0 Å². The van der Waals surface area contributed by atoms with Crippen LogP contribution in [-0.4, -0.2) is 88.5 Å². The van der Waals surface area contributed by atoms with Crippen molar-refractivity contribution in [1.29, 1.82) is 0 Å². The first kappa shape index (κ1) is 41.1. The molecule has 1 atom stereocenters. The van der Waals surface area contributed by atoms with Gasteiger partial charge in [0.2, 0.25) is 23.7 Å². The number of aromatic nitrogens is 3. The van der Waals surface area contributed by atoms with Crippen LogP contribution >= 0.6 is 0 Å². The highest BCUT2D eigenvalue weighted by atomic mass is 19.1. The Morgan fingerprint density at radius 1 is 0.800 bits per heavy atom. The average molecular weight is 822 g/mol. The maximum absolute atomic E-state index is 15.2. The van der Waals surface area contributed by atoms with E-state index in [1.165, 1.54) is 22.9 Å². The molecule has 4 aromatic rings. The van der Waals surface area contributed by atoms with Crippen molar-refractivity contribution in [2.45, 2.75) is 76.3 Å². The summed E-state index contributed by atoms with van der Waals surface area (Å²) >= 11 is 0. The van der Waals surface area contributed by atoms with Gasteiger partial charge in [0, 0.05) is 86.9 Å². The van der Waals surface area contributed by atoms with Crippen molar-refractivity contribution in [2.75, 3.05) is 54.8 Å². The number of carbonyl (C=O) groups excluding carboxylic acids is 3. The predicted molar refractivity (Wildman–Crippen MR) is 226 cm³/mol. The lowest BCUT2D eigenvalue weighted by molar-refractivity contribution is -0.133. The highest BCUT2D eigenvalue weighted by molar-refractivity contribution is 6.01. The van der Waals surface area contributed by atoms with Crippen molar-refractivity contribution in [2.24, 2.45) is 17.8 Å². The maximum atomic E-state index is 15.2. The van der Waals surface area contributed by atoms with E-state index in [4.69, 9.17) is 0 Å². The van der Waals surface area contributed by atoms with E-state index in [0.717, 1.165) is 84.1 Å². The van der Waals surface area contributed by atoms with Crippen LogP contribution in [-0.2, 0) is 14.4 Å². The smallest absolute Gasteiger partial charge is 0.255 e. The van der Waals surface area contributed by atoms with Gasteiger partial charge >= 0.3 is 0 Å². The number of nitrogens with zero attached hydrogens (tertiary/aromatic N) is 5. The molecule has 15 heteroatoms. The Labute approximate surface area is 348 Å². The Balaban J connectivity index is 0.726. The maximum Gasteiger partial charge on any atom is 0.255 e.